The standard InChI is InChI=1S/C42H29N3O.C35H24N4O.C34H23N5O/c1-42(2)35-16-10-9-15-31(35)33-25-38-34(24-36(33)42)32-22-21-30(23-37(32)46-38)26-17-19-29(20-18-26)41-44-39(27-11-5-3-6-12-27)43-40(45-41)28-13-7-4-8-14-28;1-35(2)27-13-7-6-12-23(27)25-20-31-26(19-28(25)35)24-16-15-22(18-30(24)40-31)33-37-32(21-10-4-3-5-11-21)38-34(39-33)29-14-8-9-17-36-29;1-34(2)25-10-4-3-9-21(25)23-19-30-24(18-26(23)34)22-14-13-20(17-29(22)40-30)31-37-32(27-11-5-7-15-35-27)39-33(38-31)28-12-6-8-16-36-28/h3-25H,1-2H3;3-20H,1-2H3;3-19H,1-2H3. The molecule has 0 fully saturated rings. The van der Waals surface area contributed by atoms with Gasteiger partial charge in [-0.05, 0) is 187 Å². The Morgan fingerprint density at radius 2 is 0.421 bits per heavy atom. The van der Waals surface area contributed by atoms with Crippen molar-refractivity contribution < 1.29 is 13.3 Å². The Bertz CT molecular complexity index is 7620. The number of hydrogen-bond acceptors (Lipinski definition) is 15. The molecule has 15 heteroatoms. The monoisotopic (exact) mass is 1620 g/mol. The Morgan fingerprint density at radius 1 is 0.175 bits per heavy atom. The van der Waals surface area contributed by atoms with Gasteiger partial charge < -0.3 is 13.3 Å². The summed E-state index contributed by atoms with van der Waals surface area (Å²) in [7, 11) is 0. The van der Waals surface area contributed by atoms with E-state index in [1.165, 1.54) is 66.8 Å². The van der Waals surface area contributed by atoms with Crippen molar-refractivity contribution in [3.05, 3.63) is 386 Å². The molecule has 15 nitrogen and oxygen atoms in total. The van der Waals surface area contributed by atoms with Gasteiger partial charge in [0.15, 0.2) is 52.4 Å². The van der Waals surface area contributed by atoms with E-state index in [2.05, 4.69) is 226 Å². The topological polar surface area (TPSA) is 194 Å². The van der Waals surface area contributed by atoms with Gasteiger partial charge in [0.05, 0.1) is 0 Å². The second-order valence-electron chi connectivity index (χ2n) is 33.9. The number of nitrogens with zero attached hydrogens (tertiary/aromatic N) is 12. The summed E-state index contributed by atoms with van der Waals surface area (Å²) >= 11 is 0. The Kier molecular flexibility index (Phi) is 17.5. The molecule has 0 aliphatic heterocycles. The van der Waals surface area contributed by atoms with Crippen molar-refractivity contribution in [2.75, 3.05) is 0 Å². The van der Waals surface area contributed by atoms with Crippen molar-refractivity contribution in [1.29, 1.82) is 0 Å². The molecule has 0 N–H and O–H groups in total. The van der Waals surface area contributed by atoms with Crippen LogP contribution in [0.3, 0.4) is 0 Å². The van der Waals surface area contributed by atoms with Crippen molar-refractivity contribution in [3.8, 4) is 147 Å². The molecule has 0 atom stereocenters. The van der Waals surface area contributed by atoms with Gasteiger partial charge in [0.2, 0.25) is 0 Å². The summed E-state index contributed by atoms with van der Waals surface area (Å²) in [4.78, 5) is 56.7. The summed E-state index contributed by atoms with van der Waals surface area (Å²) in [6.07, 6.45) is 5.21. The van der Waals surface area contributed by atoms with Crippen LogP contribution in [-0.4, -0.2) is 59.8 Å². The normalized spacial score (nSPS) is 13.3. The molecule has 126 heavy (non-hydrogen) atoms. The van der Waals surface area contributed by atoms with E-state index in [1.54, 1.807) is 18.6 Å². The molecule has 0 saturated heterocycles. The molecule has 598 valence electrons. The van der Waals surface area contributed by atoms with Gasteiger partial charge in [-0.3, -0.25) is 15.0 Å². The lowest BCUT2D eigenvalue weighted by Gasteiger charge is -2.21. The molecule has 0 spiro atoms. The first-order valence-corrected chi connectivity index (χ1v) is 42.3. The Hall–Kier alpha value is -16.3. The fraction of sp³-hybridized carbons (Fsp3) is 0.0811. The number of aromatic nitrogens is 12. The lowest BCUT2D eigenvalue weighted by Crippen LogP contribution is -2.14. The van der Waals surface area contributed by atoms with E-state index in [0.717, 1.165) is 110 Å². The summed E-state index contributed by atoms with van der Waals surface area (Å²) < 4.78 is 19.4. The summed E-state index contributed by atoms with van der Waals surface area (Å²) in [5.74, 6) is 5.19. The average molecular weight is 1630 g/mol. The van der Waals surface area contributed by atoms with E-state index in [9.17, 15) is 0 Å². The summed E-state index contributed by atoms with van der Waals surface area (Å²) in [6, 6.07) is 114. The molecule has 0 unspecified atom stereocenters. The third-order valence-corrected chi connectivity index (χ3v) is 25.2. The molecular weight excluding hydrogens is 1550 g/mol. The minimum Gasteiger partial charge on any atom is -0.456 e. The minimum absolute atomic E-state index is 0.0480. The Balaban J connectivity index is 0.000000109. The molecular formula is C111H76N12O3. The quantitative estimate of drug-likeness (QED) is 0.125. The predicted molar refractivity (Wildman–Crippen MR) is 502 cm³/mol. The first-order chi connectivity index (χ1) is 61.6. The number of rotatable bonds is 10. The maximum absolute atomic E-state index is 6.50. The summed E-state index contributed by atoms with van der Waals surface area (Å²) in [6.45, 7) is 13.8. The SMILES string of the molecule is CC1(C)c2ccccc2-c2cc3oc4cc(-c5ccc(-c6nc(-c7ccccc7)nc(-c7ccccc7)n6)cc5)ccc4c3cc21.CC1(C)c2ccccc2-c2cc3oc4cc(-c5nc(-c6ccccc6)nc(-c6ccccn6)n5)ccc4c3cc21.CC1(C)c2ccccc2-c2cc3oc4cc(-c5nc(-c6ccccn6)nc(-c6ccccn6)n5)ccc4c3cc21. The first kappa shape index (κ1) is 74.8. The van der Waals surface area contributed by atoms with Gasteiger partial charge in [0.25, 0.3) is 0 Å². The van der Waals surface area contributed by atoms with Crippen LogP contribution in [0.4, 0.5) is 0 Å². The van der Waals surface area contributed by atoms with Crippen LogP contribution in [0.2, 0.25) is 0 Å². The molecule has 9 aromatic heterocycles. The molecule has 0 bridgehead atoms. The van der Waals surface area contributed by atoms with Gasteiger partial charge >= 0.3 is 0 Å². The van der Waals surface area contributed by atoms with Crippen LogP contribution in [0.15, 0.2) is 365 Å². The second kappa shape index (κ2) is 29.5. The highest BCUT2D eigenvalue weighted by molar-refractivity contribution is 6.11. The number of furan rings is 3. The Morgan fingerprint density at radius 3 is 0.746 bits per heavy atom. The zero-order valence-electron chi connectivity index (χ0n) is 69.6. The van der Waals surface area contributed by atoms with Crippen LogP contribution in [0.1, 0.15) is 74.9 Å². The van der Waals surface area contributed by atoms with Crippen LogP contribution >= 0.6 is 0 Å². The fourth-order valence-electron chi connectivity index (χ4n) is 18.7. The minimum atomic E-state index is -0.0712. The number of hydrogen-bond donors (Lipinski definition) is 0. The molecule has 13 aromatic carbocycles. The third kappa shape index (κ3) is 12.8. The highest BCUT2D eigenvalue weighted by Gasteiger charge is 2.39. The van der Waals surface area contributed by atoms with Gasteiger partial charge in [-0.2, -0.15) is 0 Å². The Labute approximate surface area is 725 Å². The molecule has 3 aliphatic carbocycles. The highest BCUT2D eigenvalue weighted by Crippen LogP contribution is 2.55. The first-order valence-electron chi connectivity index (χ1n) is 42.3. The van der Waals surface area contributed by atoms with Gasteiger partial charge in [-0.1, -0.05) is 266 Å². The molecule has 9 heterocycles. The summed E-state index contributed by atoms with van der Waals surface area (Å²) in [5, 5.41) is 6.68. The van der Waals surface area contributed by atoms with E-state index in [0.29, 0.717) is 69.5 Å². The molecule has 0 radical (unpaired) electrons. The van der Waals surface area contributed by atoms with Crippen LogP contribution in [0.5, 0.6) is 0 Å². The number of pyridine rings is 3. The third-order valence-electron chi connectivity index (χ3n) is 25.2. The van der Waals surface area contributed by atoms with Gasteiger partial charge in [-0.25, -0.2) is 44.9 Å². The smallest absolute Gasteiger partial charge is 0.182 e. The molecule has 0 saturated carbocycles. The maximum Gasteiger partial charge on any atom is 0.182 e. The van der Waals surface area contributed by atoms with Gasteiger partial charge in [0, 0.05) is 101 Å². The second-order valence-corrected chi connectivity index (χ2v) is 33.9. The highest BCUT2D eigenvalue weighted by atomic mass is 16.3. The number of benzene rings is 13. The van der Waals surface area contributed by atoms with E-state index in [1.807, 2.05) is 164 Å². The van der Waals surface area contributed by atoms with Crippen molar-refractivity contribution in [2.24, 2.45) is 0 Å². The van der Waals surface area contributed by atoms with E-state index in [4.69, 9.17) is 58.1 Å². The molecule has 25 rings (SSSR count). The van der Waals surface area contributed by atoms with E-state index >= 15 is 0 Å². The van der Waals surface area contributed by atoms with E-state index < -0.39 is 0 Å². The largest absolute Gasteiger partial charge is 0.456 e. The van der Waals surface area contributed by atoms with Crippen molar-refractivity contribution in [2.45, 2.75) is 57.8 Å². The van der Waals surface area contributed by atoms with E-state index in [-0.39, 0.29) is 16.2 Å². The van der Waals surface area contributed by atoms with Crippen LogP contribution in [0.25, 0.3) is 213 Å². The van der Waals surface area contributed by atoms with Crippen LogP contribution in [-0.2, 0) is 16.2 Å². The van der Waals surface area contributed by atoms with Gasteiger partial charge in [-0.15, -0.1) is 0 Å². The lowest BCUT2D eigenvalue weighted by atomic mass is 9.82. The number of fused-ring (bicyclic) bond motifs is 18. The van der Waals surface area contributed by atoms with Crippen LogP contribution < -0.4 is 0 Å². The fourth-order valence-corrected chi connectivity index (χ4v) is 18.7. The summed E-state index contributed by atoms with van der Waals surface area (Å²) in [5.41, 5.74) is 30.4. The zero-order chi connectivity index (χ0) is 84.5. The average Bonchev–Trinajstić information content (AvgIpc) is 1.57. The zero-order valence-corrected chi connectivity index (χ0v) is 69.6. The maximum atomic E-state index is 6.50. The lowest BCUT2D eigenvalue weighted by molar-refractivity contribution is 0.657. The molecule has 3 aliphatic rings. The van der Waals surface area contributed by atoms with Crippen molar-refractivity contribution >= 4 is 65.8 Å². The van der Waals surface area contributed by atoms with Gasteiger partial charge in [0.1, 0.15) is 50.6 Å². The van der Waals surface area contributed by atoms with Crippen LogP contribution in [0, 0.1) is 0 Å². The molecule has 0 amide bonds. The van der Waals surface area contributed by atoms with Crippen molar-refractivity contribution in [1.82, 2.24) is 59.8 Å². The molecule has 22 aromatic rings. The van der Waals surface area contributed by atoms with Crippen molar-refractivity contribution in [3.63, 3.8) is 0 Å². The predicted octanol–water partition coefficient (Wildman–Crippen LogP) is 27.1.